The summed E-state index contributed by atoms with van der Waals surface area (Å²) in [6.45, 7) is 4.28. The van der Waals surface area contributed by atoms with Gasteiger partial charge in [0.05, 0.1) is 53.3 Å². The smallest absolute Gasteiger partial charge is 0.284 e. The summed E-state index contributed by atoms with van der Waals surface area (Å²) in [7, 11) is 0. The molecule has 332 valence electrons. The Hall–Kier alpha value is -6.44. The molecule has 5 N–H and O–H groups in total. The average Bonchev–Trinajstić information content (AvgIpc) is 4.14. The molecule has 5 aromatic rings. The molecule has 4 aliphatic heterocycles. The topological polar surface area (TPSA) is 211 Å². The van der Waals surface area contributed by atoms with Gasteiger partial charge in [0, 0.05) is 31.9 Å². The molecule has 4 atom stereocenters. The summed E-state index contributed by atoms with van der Waals surface area (Å²) < 4.78 is 37.5. The van der Waals surface area contributed by atoms with Gasteiger partial charge in [-0.25, -0.2) is 18.3 Å². The largest absolute Gasteiger partial charge is 0.374 e. The van der Waals surface area contributed by atoms with E-state index in [0.717, 1.165) is 35.3 Å². The highest BCUT2D eigenvalue weighted by Gasteiger charge is 2.47. The first-order valence-electron chi connectivity index (χ1n) is 21.7. The van der Waals surface area contributed by atoms with Gasteiger partial charge in [0.15, 0.2) is 11.3 Å². The van der Waals surface area contributed by atoms with Gasteiger partial charge in [0.2, 0.25) is 11.8 Å². The summed E-state index contributed by atoms with van der Waals surface area (Å²) in [4.78, 5) is 73.4. The third kappa shape index (κ3) is 7.30. The van der Waals surface area contributed by atoms with Crippen LogP contribution in [-0.2, 0) is 26.4 Å². The van der Waals surface area contributed by atoms with E-state index < -0.39 is 53.2 Å². The van der Waals surface area contributed by atoms with Crippen molar-refractivity contribution in [2.75, 3.05) is 29.9 Å². The second kappa shape index (κ2) is 16.3. The molecule has 1 saturated carbocycles. The lowest BCUT2D eigenvalue weighted by atomic mass is 9.79. The number of fused-ring (bicyclic) bond motifs is 4. The van der Waals surface area contributed by atoms with Crippen molar-refractivity contribution >= 4 is 46.7 Å². The number of amides is 5. The molecule has 0 radical (unpaired) electrons. The molecule has 19 heteroatoms. The molecule has 4 fully saturated rings. The molecule has 0 spiro atoms. The van der Waals surface area contributed by atoms with Crippen molar-refractivity contribution < 1.29 is 37.5 Å². The highest BCUT2D eigenvalue weighted by molar-refractivity contribution is 6.24. The maximum atomic E-state index is 14.4. The number of nitrogens with one attached hydrogen (secondary N) is 3. The number of benzene rings is 2. The molecule has 5 aliphatic rings. The normalized spacial score (nSPS) is 24.2. The monoisotopic (exact) mass is 875 g/mol. The number of anilines is 2. The number of alkyl halides is 2. The molecule has 3 saturated heterocycles. The minimum absolute atomic E-state index is 0.0178. The lowest BCUT2D eigenvalue weighted by Gasteiger charge is -2.31. The number of morpholine rings is 1. The van der Waals surface area contributed by atoms with E-state index in [2.05, 4.69) is 31.0 Å². The molecule has 5 amide bonds. The Kier molecular flexibility index (Phi) is 10.6. The van der Waals surface area contributed by atoms with E-state index in [1.807, 2.05) is 30.3 Å². The fourth-order valence-electron chi connectivity index (χ4n) is 10.2. The number of imide groups is 2. The standard InChI is InChI=1S/C45H47F2N11O6/c1-45(48,32-8-4-6-29-37(32)44(63)58(43(29)62)34-13-14-36(59)53-42(34)61)31-7-3-2-5-25(31)19-49-18-24-9-11-26(12-10-24)57-22-33(38(54-57)39(46)47)51-41(60)30-20-50-56-16-15-35(52-40(30)56)55-21-28-17-27(55)23-64-28/h2-8,15-16,20,22,24,26-28,34,39,49H,9-14,17-19,21,23,48H2,1H3,(H,51,60)(H,53,59,61)/t24?,26?,27-,28-,34?,45?/m1/s1. The molecule has 2 unspecified atom stereocenters. The lowest BCUT2D eigenvalue weighted by Crippen LogP contribution is -2.54. The average molecular weight is 876 g/mol. The third-order valence-corrected chi connectivity index (χ3v) is 13.6. The van der Waals surface area contributed by atoms with Gasteiger partial charge in [0.25, 0.3) is 24.1 Å². The number of nitrogens with zero attached hydrogens (tertiary/aromatic N) is 7. The molecular weight excluding hydrogens is 829 g/mol. The summed E-state index contributed by atoms with van der Waals surface area (Å²) >= 11 is 0. The Morgan fingerprint density at radius 2 is 1.80 bits per heavy atom. The van der Waals surface area contributed by atoms with Crippen molar-refractivity contribution in [1.82, 2.24) is 39.9 Å². The predicted molar refractivity (Wildman–Crippen MR) is 227 cm³/mol. The Bertz CT molecular complexity index is 2710. The Labute approximate surface area is 365 Å². The van der Waals surface area contributed by atoms with Gasteiger partial charge in [-0.3, -0.25) is 38.9 Å². The summed E-state index contributed by atoms with van der Waals surface area (Å²) in [5.74, 6) is -1.95. The van der Waals surface area contributed by atoms with Crippen LogP contribution in [0.1, 0.15) is 118 Å². The van der Waals surface area contributed by atoms with Crippen molar-refractivity contribution in [3.05, 3.63) is 106 Å². The second-order valence-electron chi connectivity index (χ2n) is 17.6. The van der Waals surface area contributed by atoms with E-state index in [4.69, 9.17) is 15.5 Å². The van der Waals surface area contributed by atoms with Crippen molar-refractivity contribution in [2.45, 2.75) is 94.6 Å². The van der Waals surface area contributed by atoms with E-state index in [9.17, 15) is 32.8 Å². The second-order valence-corrected chi connectivity index (χ2v) is 17.6. The van der Waals surface area contributed by atoms with Crippen LogP contribution in [0.5, 0.6) is 0 Å². The minimum Gasteiger partial charge on any atom is -0.374 e. The van der Waals surface area contributed by atoms with Gasteiger partial charge in [-0.1, -0.05) is 36.4 Å². The highest BCUT2D eigenvalue weighted by atomic mass is 19.3. The van der Waals surface area contributed by atoms with Crippen LogP contribution in [0.4, 0.5) is 20.3 Å². The first-order valence-corrected chi connectivity index (χ1v) is 21.7. The number of piperidine rings is 1. The van der Waals surface area contributed by atoms with Crippen LogP contribution in [0.15, 0.2) is 67.1 Å². The van der Waals surface area contributed by atoms with Crippen LogP contribution in [0.25, 0.3) is 5.65 Å². The minimum atomic E-state index is -2.91. The van der Waals surface area contributed by atoms with Gasteiger partial charge < -0.3 is 26.0 Å². The molecule has 2 aromatic carbocycles. The fraction of sp³-hybridized carbons (Fsp3) is 0.422. The van der Waals surface area contributed by atoms with Crippen LogP contribution in [0, 0.1) is 5.92 Å². The van der Waals surface area contributed by atoms with Crippen molar-refractivity contribution in [2.24, 2.45) is 11.7 Å². The molecule has 3 aromatic heterocycles. The van der Waals surface area contributed by atoms with Gasteiger partial charge in [-0.15, -0.1) is 0 Å². The molecule has 7 heterocycles. The summed E-state index contributed by atoms with van der Waals surface area (Å²) in [5.41, 5.74) is 8.24. The Balaban J connectivity index is 0.774. The van der Waals surface area contributed by atoms with E-state index in [1.54, 1.807) is 36.0 Å². The zero-order valence-corrected chi connectivity index (χ0v) is 35.0. The summed E-state index contributed by atoms with van der Waals surface area (Å²) in [6.07, 6.45) is 5.89. The number of hydrogen-bond donors (Lipinski definition) is 4. The molecule has 1 aliphatic carbocycles. The third-order valence-electron chi connectivity index (χ3n) is 13.6. The number of carbonyl (C=O) groups is 5. The fourth-order valence-corrected chi connectivity index (χ4v) is 10.2. The summed E-state index contributed by atoms with van der Waals surface area (Å²) in [6, 6.07) is 13.4. The van der Waals surface area contributed by atoms with Gasteiger partial charge in [-0.2, -0.15) is 10.2 Å². The molecule has 64 heavy (non-hydrogen) atoms. The van der Waals surface area contributed by atoms with Gasteiger partial charge >= 0.3 is 0 Å². The van der Waals surface area contributed by atoms with Crippen LogP contribution in [0.3, 0.4) is 0 Å². The molecule has 17 nitrogen and oxygen atoms in total. The Morgan fingerprint density at radius 1 is 1.00 bits per heavy atom. The number of rotatable bonds is 12. The maximum Gasteiger partial charge on any atom is 0.284 e. The van der Waals surface area contributed by atoms with E-state index in [-0.39, 0.29) is 53.4 Å². The van der Waals surface area contributed by atoms with Crippen molar-refractivity contribution in [3.8, 4) is 0 Å². The van der Waals surface area contributed by atoms with Crippen molar-refractivity contribution in [3.63, 3.8) is 0 Å². The SMILES string of the molecule is CC(N)(c1ccccc1CNCC1CCC(n2cc(NC(=O)c3cnn4ccc(N5C[C@H]6C[C@@H]5CO6)nc34)c(C(F)F)n2)CC1)c1cccc2c1C(=O)N(C1CCC(=O)NC1=O)C2=O. The van der Waals surface area contributed by atoms with Gasteiger partial charge in [0.1, 0.15) is 17.4 Å². The lowest BCUT2D eigenvalue weighted by molar-refractivity contribution is -0.136. The first-order chi connectivity index (χ1) is 30.8. The van der Waals surface area contributed by atoms with Crippen molar-refractivity contribution in [1.29, 1.82) is 0 Å². The maximum absolute atomic E-state index is 14.4. The van der Waals surface area contributed by atoms with Crippen LogP contribution >= 0.6 is 0 Å². The summed E-state index contributed by atoms with van der Waals surface area (Å²) in [5, 5.41) is 17.0. The number of nitrogens with two attached hydrogens (primary N) is 1. The zero-order chi connectivity index (χ0) is 44.4. The number of halogens is 2. The number of carbonyl (C=O) groups excluding carboxylic acids is 5. The highest BCUT2D eigenvalue weighted by Crippen LogP contribution is 2.39. The van der Waals surface area contributed by atoms with E-state index in [0.29, 0.717) is 62.0 Å². The Morgan fingerprint density at radius 3 is 2.55 bits per heavy atom. The first kappa shape index (κ1) is 41.6. The van der Waals surface area contributed by atoms with Gasteiger partial charge in [-0.05, 0) is 86.7 Å². The zero-order valence-electron chi connectivity index (χ0n) is 35.0. The van der Waals surface area contributed by atoms with E-state index in [1.165, 1.54) is 16.9 Å². The number of ether oxygens (including phenoxy) is 1. The van der Waals surface area contributed by atoms with E-state index >= 15 is 0 Å². The van der Waals surface area contributed by atoms with Crippen LogP contribution in [-0.4, -0.2) is 96.7 Å². The predicted octanol–water partition coefficient (Wildman–Crippen LogP) is 4.24. The number of hydrogen-bond acceptors (Lipinski definition) is 12. The molecule has 10 rings (SSSR count). The molecule has 2 bridgehead atoms. The number of aromatic nitrogens is 5. The van der Waals surface area contributed by atoms with Crippen LogP contribution in [0.2, 0.25) is 0 Å². The quantitative estimate of drug-likeness (QED) is 0.130. The van der Waals surface area contributed by atoms with Crippen LogP contribution < -0.4 is 26.6 Å². The molecular formula is C45H47F2N11O6.